The molecule has 3 heteroatoms. The van der Waals surface area contributed by atoms with Crippen LogP contribution in [0.15, 0.2) is 84.9 Å². The minimum Gasteiger partial charge on any atom is -0.350 e. The number of anilines is 1. The maximum absolute atomic E-state index is 4.90. The SMILES string of the molecule is c1ccc(C2C(c3nc4ccccc4s3)N2c2ccccc2)cc1. The highest BCUT2D eigenvalue weighted by atomic mass is 32.1. The summed E-state index contributed by atoms with van der Waals surface area (Å²) in [5.74, 6) is 0. The summed E-state index contributed by atoms with van der Waals surface area (Å²) in [5.41, 5.74) is 3.71. The van der Waals surface area contributed by atoms with E-state index in [0.717, 1.165) is 5.52 Å². The van der Waals surface area contributed by atoms with E-state index in [0.29, 0.717) is 12.1 Å². The molecule has 5 rings (SSSR count). The van der Waals surface area contributed by atoms with Crippen molar-refractivity contribution >= 4 is 27.2 Å². The fraction of sp³-hybridized carbons (Fsp3) is 0.0952. The standard InChI is InChI=1S/C21H16N2S/c1-3-9-15(10-4-1)19-20(23(19)16-11-5-2-6-12-16)21-22-17-13-7-8-14-18(17)24-21/h1-14,19-20H. The zero-order valence-electron chi connectivity index (χ0n) is 13.0. The molecule has 1 fully saturated rings. The summed E-state index contributed by atoms with van der Waals surface area (Å²) < 4.78 is 1.26. The molecule has 1 aromatic heterocycles. The van der Waals surface area contributed by atoms with E-state index >= 15 is 0 Å². The molecule has 2 nitrogen and oxygen atoms in total. The molecule has 2 heterocycles. The van der Waals surface area contributed by atoms with Gasteiger partial charge in [0.05, 0.1) is 16.3 Å². The third-order valence-corrected chi connectivity index (χ3v) is 5.67. The Morgan fingerprint density at radius 1 is 0.708 bits per heavy atom. The van der Waals surface area contributed by atoms with Crippen LogP contribution in [-0.4, -0.2) is 4.98 Å². The molecule has 0 spiro atoms. The number of aromatic nitrogens is 1. The molecule has 1 saturated heterocycles. The highest BCUT2D eigenvalue weighted by molar-refractivity contribution is 7.18. The number of nitrogens with zero attached hydrogens (tertiary/aromatic N) is 2. The smallest absolute Gasteiger partial charge is 0.119 e. The quantitative estimate of drug-likeness (QED) is 0.455. The molecule has 3 aromatic carbocycles. The first kappa shape index (κ1) is 13.8. The van der Waals surface area contributed by atoms with Crippen LogP contribution in [0.5, 0.6) is 0 Å². The summed E-state index contributed by atoms with van der Waals surface area (Å²) in [6, 6.07) is 30.5. The van der Waals surface area contributed by atoms with Crippen molar-refractivity contribution in [3.8, 4) is 0 Å². The predicted molar refractivity (Wildman–Crippen MR) is 100 cm³/mol. The summed E-state index contributed by atoms with van der Waals surface area (Å²) in [6.45, 7) is 0. The zero-order valence-corrected chi connectivity index (χ0v) is 13.9. The topological polar surface area (TPSA) is 15.9 Å². The summed E-state index contributed by atoms with van der Waals surface area (Å²) in [5, 5.41) is 1.20. The van der Waals surface area contributed by atoms with E-state index in [2.05, 4.69) is 89.8 Å². The fourth-order valence-corrected chi connectivity index (χ4v) is 4.51. The van der Waals surface area contributed by atoms with Crippen LogP contribution in [0.25, 0.3) is 10.2 Å². The average Bonchev–Trinajstić information content (AvgIpc) is 3.26. The van der Waals surface area contributed by atoms with Gasteiger partial charge in [0.1, 0.15) is 11.0 Å². The van der Waals surface area contributed by atoms with Gasteiger partial charge in [0, 0.05) is 5.69 Å². The molecule has 2 atom stereocenters. The number of fused-ring (bicyclic) bond motifs is 1. The van der Waals surface area contributed by atoms with Crippen LogP contribution in [0.2, 0.25) is 0 Å². The minimum atomic E-state index is 0.326. The van der Waals surface area contributed by atoms with Gasteiger partial charge in [0.2, 0.25) is 0 Å². The molecule has 0 N–H and O–H groups in total. The van der Waals surface area contributed by atoms with Gasteiger partial charge in [-0.1, -0.05) is 60.7 Å². The number of benzene rings is 3. The molecule has 1 aliphatic heterocycles. The second-order valence-electron chi connectivity index (χ2n) is 6.06. The predicted octanol–water partition coefficient (Wildman–Crippen LogP) is 5.60. The molecule has 116 valence electrons. The number of hydrogen-bond donors (Lipinski definition) is 0. The van der Waals surface area contributed by atoms with Crippen LogP contribution >= 0.6 is 11.3 Å². The van der Waals surface area contributed by atoms with Gasteiger partial charge >= 0.3 is 0 Å². The van der Waals surface area contributed by atoms with Crippen LogP contribution in [-0.2, 0) is 0 Å². The minimum absolute atomic E-state index is 0.326. The van der Waals surface area contributed by atoms with Crippen molar-refractivity contribution in [2.75, 3.05) is 4.90 Å². The maximum atomic E-state index is 4.90. The molecule has 24 heavy (non-hydrogen) atoms. The van der Waals surface area contributed by atoms with Crippen molar-refractivity contribution < 1.29 is 0 Å². The fourth-order valence-electron chi connectivity index (χ4n) is 3.42. The first-order valence-electron chi connectivity index (χ1n) is 8.15. The van der Waals surface area contributed by atoms with Crippen molar-refractivity contribution in [3.05, 3.63) is 95.5 Å². The van der Waals surface area contributed by atoms with Crippen molar-refractivity contribution in [1.82, 2.24) is 4.98 Å². The van der Waals surface area contributed by atoms with E-state index in [-0.39, 0.29) is 0 Å². The van der Waals surface area contributed by atoms with Crippen LogP contribution in [0, 0.1) is 0 Å². The molecule has 4 aromatic rings. The van der Waals surface area contributed by atoms with Gasteiger partial charge in [-0.3, -0.25) is 0 Å². The van der Waals surface area contributed by atoms with E-state index in [1.165, 1.54) is 21.0 Å². The van der Waals surface area contributed by atoms with Gasteiger partial charge < -0.3 is 4.90 Å². The van der Waals surface area contributed by atoms with Crippen molar-refractivity contribution in [3.63, 3.8) is 0 Å². The third kappa shape index (κ3) is 2.21. The van der Waals surface area contributed by atoms with Crippen molar-refractivity contribution in [2.45, 2.75) is 12.1 Å². The summed E-state index contributed by atoms with van der Waals surface area (Å²) in [4.78, 5) is 7.37. The second kappa shape index (κ2) is 5.46. The van der Waals surface area contributed by atoms with Gasteiger partial charge in [-0.05, 0) is 29.8 Å². The Balaban J connectivity index is 1.59. The number of hydrogen-bond acceptors (Lipinski definition) is 3. The Morgan fingerprint density at radius 3 is 2.12 bits per heavy atom. The number of para-hydroxylation sites is 2. The lowest BCUT2D eigenvalue weighted by Crippen LogP contribution is -1.94. The maximum Gasteiger partial charge on any atom is 0.119 e. The summed E-state index contributed by atoms with van der Waals surface area (Å²) >= 11 is 1.81. The first-order valence-corrected chi connectivity index (χ1v) is 8.97. The third-order valence-electron chi connectivity index (χ3n) is 4.57. The number of rotatable bonds is 3. The molecular formula is C21H16N2S. The first-order chi connectivity index (χ1) is 11.9. The normalized spacial score (nSPS) is 19.6. The molecule has 0 aliphatic carbocycles. The molecule has 0 amide bonds. The summed E-state index contributed by atoms with van der Waals surface area (Å²) in [7, 11) is 0. The van der Waals surface area contributed by atoms with Gasteiger partial charge in [0.25, 0.3) is 0 Å². The van der Waals surface area contributed by atoms with Gasteiger partial charge in [-0.2, -0.15) is 0 Å². The molecule has 1 aliphatic rings. The van der Waals surface area contributed by atoms with E-state index < -0.39 is 0 Å². The van der Waals surface area contributed by atoms with Crippen LogP contribution in [0.3, 0.4) is 0 Å². The average molecular weight is 328 g/mol. The highest BCUT2D eigenvalue weighted by Crippen LogP contribution is 2.57. The summed E-state index contributed by atoms with van der Waals surface area (Å²) in [6.07, 6.45) is 0. The van der Waals surface area contributed by atoms with Crippen LogP contribution in [0.4, 0.5) is 5.69 Å². The Bertz CT molecular complexity index is 900. The lowest BCUT2D eigenvalue weighted by molar-refractivity contribution is 1.01. The van der Waals surface area contributed by atoms with Crippen LogP contribution < -0.4 is 4.90 Å². The van der Waals surface area contributed by atoms with Crippen LogP contribution in [0.1, 0.15) is 22.7 Å². The lowest BCUT2D eigenvalue weighted by Gasteiger charge is -2.05. The van der Waals surface area contributed by atoms with Gasteiger partial charge in [0.15, 0.2) is 0 Å². The number of thiazole rings is 1. The Morgan fingerprint density at radius 2 is 1.38 bits per heavy atom. The Labute approximate surface area is 145 Å². The zero-order chi connectivity index (χ0) is 15.9. The molecular weight excluding hydrogens is 312 g/mol. The molecule has 2 unspecified atom stereocenters. The Kier molecular flexibility index (Phi) is 3.13. The van der Waals surface area contributed by atoms with Crippen molar-refractivity contribution in [1.29, 1.82) is 0 Å². The van der Waals surface area contributed by atoms with Gasteiger partial charge in [-0.15, -0.1) is 11.3 Å². The highest BCUT2D eigenvalue weighted by Gasteiger charge is 2.51. The largest absolute Gasteiger partial charge is 0.350 e. The Hall–Kier alpha value is -2.65. The molecule has 0 radical (unpaired) electrons. The van der Waals surface area contributed by atoms with Crippen molar-refractivity contribution in [2.24, 2.45) is 0 Å². The lowest BCUT2D eigenvalue weighted by atomic mass is 10.1. The molecule has 0 saturated carbocycles. The van der Waals surface area contributed by atoms with Gasteiger partial charge in [-0.25, -0.2) is 4.98 Å². The van der Waals surface area contributed by atoms with E-state index in [1.807, 2.05) is 11.3 Å². The van der Waals surface area contributed by atoms with E-state index in [4.69, 9.17) is 4.98 Å². The van der Waals surface area contributed by atoms with E-state index in [9.17, 15) is 0 Å². The molecule has 0 bridgehead atoms. The monoisotopic (exact) mass is 328 g/mol. The van der Waals surface area contributed by atoms with E-state index in [1.54, 1.807) is 0 Å². The second-order valence-corrected chi connectivity index (χ2v) is 7.13.